The molecular weight excluding hydrogens is 410 g/mol. The molecule has 0 unspecified atom stereocenters. The van der Waals surface area contributed by atoms with Crippen molar-refractivity contribution in [3.05, 3.63) is 75.3 Å². The van der Waals surface area contributed by atoms with Gasteiger partial charge in [0.25, 0.3) is 0 Å². The summed E-state index contributed by atoms with van der Waals surface area (Å²) in [7, 11) is -3.83. The van der Waals surface area contributed by atoms with E-state index in [1.54, 1.807) is 0 Å². The molecule has 0 radical (unpaired) electrons. The van der Waals surface area contributed by atoms with E-state index in [2.05, 4.69) is 15.9 Å². The Hall–Kier alpha value is -1.79. The summed E-state index contributed by atoms with van der Waals surface area (Å²) in [5.74, 6) is -1.69. The summed E-state index contributed by atoms with van der Waals surface area (Å²) in [4.78, 5) is -0.625. The van der Waals surface area contributed by atoms with E-state index in [0.29, 0.717) is 12.0 Å². The molecule has 6 heteroatoms. The number of benzene rings is 2. The van der Waals surface area contributed by atoms with E-state index in [1.807, 2.05) is 37.3 Å². The Labute approximate surface area is 153 Å². The highest BCUT2D eigenvalue weighted by Gasteiger charge is 2.22. The van der Waals surface area contributed by atoms with E-state index in [4.69, 9.17) is 0 Å². The smallest absolute Gasteiger partial charge is 0.178 e. The highest BCUT2D eigenvalue weighted by molar-refractivity contribution is 9.10. The molecular formula is C19H15BrF2O2S. The predicted octanol–water partition coefficient (Wildman–Crippen LogP) is 5.31. The van der Waals surface area contributed by atoms with Crippen molar-refractivity contribution < 1.29 is 17.2 Å². The molecule has 2 nitrogen and oxygen atoms in total. The van der Waals surface area contributed by atoms with Crippen LogP contribution in [0.15, 0.2) is 51.9 Å². The summed E-state index contributed by atoms with van der Waals surface area (Å²) < 4.78 is 52.8. The monoisotopic (exact) mass is 424 g/mol. The summed E-state index contributed by atoms with van der Waals surface area (Å²) >= 11 is 3.48. The quantitative estimate of drug-likeness (QED) is 0.668. The fourth-order valence-corrected chi connectivity index (χ4v) is 3.94. The SMILES string of the molecule is Cc1ccc(C2=C(c3cc(F)c(S(C)(=O)=O)cc3F)CC=C2)cc1Br. The highest BCUT2D eigenvalue weighted by atomic mass is 79.9. The second kappa shape index (κ2) is 6.50. The molecule has 3 rings (SSSR count). The number of rotatable bonds is 3. The van der Waals surface area contributed by atoms with Gasteiger partial charge in [-0.2, -0.15) is 0 Å². The average Bonchev–Trinajstić information content (AvgIpc) is 3.00. The molecule has 0 aromatic heterocycles. The first-order valence-corrected chi connectivity index (χ1v) is 10.2. The number of hydrogen-bond donors (Lipinski definition) is 0. The van der Waals surface area contributed by atoms with Crippen LogP contribution in [-0.4, -0.2) is 14.7 Å². The van der Waals surface area contributed by atoms with Gasteiger partial charge in [-0.15, -0.1) is 0 Å². The summed E-state index contributed by atoms with van der Waals surface area (Å²) in [6, 6.07) is 7.52. The average molecular weight is 425 g/mol. The number of halogens is 3. The number of sulfone groups is 1. The van der Waals surface area contributed by atoms with Crippen molar-refractivity contribution in [3.8, 4) is 0 Å². The minimum Gasteiger partial charge on any atom is -0.224 e. The van der Waals surface area contributed by atoms with Crippen molar-refractivity contribution in [1.82, 2.24) is 0 Å². The minimum absolute atomic E-state index is 0.0848. The van der Waals surface area contributed by atoms with Crippen molar-refractivity contribution in [2.45, 2.75) is 18.2 Å². The van der Waals surface area contributed by atoms with Crippen LogP contribution < -0.4 is 0 Å². The van der Waals surface area contributed by atoms with Gasteiger partial charge >= 0.3 is 0 Å². The molecule has 0 saturated carbocycles. The van der Waals surface area contributed by atoms with E-state index < -0.39 is 26.4 Å². The van der Waals surface area contributed by atoms with Crippen molar-refractivity contribution >= 4 is 36.9 Å². The summed E-state index contributed by atoms with van der Waals surface area (Å²) in [5, 5.41) is 0. The van der Waals surface area contributed by atoms with Gasteiger partial charge in [-0.25, -0.2) is 17.2 Å². The molecule has 0 atom stereocenters. The molecule has 25 heavy (non-hydrogen) atoms. The van der Waals surface area contributed by atoms with Gasteiger partial charge in [0.05, 0.1) is 0 Å². The first kappa shape index (κ1) is 18.0. The zero-order chi connectivity index (χ0) is 18.4. The number of allylic oxidation sites excluding steroid dienone is 4. The first-order chi connectivity index (χ1) is 11.7. The third-order valence-corrected chi connectivity index (χ3v) is 6.13. The fraction of sp³-hybridized carbons (Fsp3) is 0.158. The van der Waals surface area contributed by atoms with E-state index in [9.17, 15) is 17.2 Å². The van der Waals surface area contributed by atoms with Crippen molar-refractivity contribution in [2.24, 2.45) is 0 Å². The largest absolute Gasteiger partial charge is 0.224 e. The zero-order valence-corrected chi connectivity index (χ0v) is 16.0. The van der Waals surface area contributed by atoms with Gasteiger partial charge in [0.1, 0.15) is 16.5 Å². The van der Waals surface area contributed by atoms with Gasteiger partial charge in [0.2, 0.25) is 0 Å². The number of hydrogen-bond acceptors (Lipinski definition) is 2. The van der Waals surface area contributed by atoms with Crippen LogP contribution in [0.3, 0.4) is 0 Å². The Morgan fingerprint density at radius 3 is 2.44 bits per heavy atom. The molecule has 0 spiro atoms. The third kappa shape index (κ3) is 3.46. The first-order valence-electron chi connectivity index (χ1n) is 7.54. The summed E-state index contributed by atoms with van der Waals surface area (Å²) in [6.45, 7) is 1.96. The molecule has 2 aromatic carbocycles. The maximum Gasteiger partial charge on any atom is 0.178 e. The molecule has 0 heterocycles. The third-order valence-electron chi connectivity index (χ3n) is 4.16. The molecule has 0 bridgehead atoms. The van der Waals surface area contributed by atoms with Crippen LogP contribution in [0.25, 0.3) is 11.1 Å². The Bertz CT molecular complexity index is 1040. The minimum atomic E-state index is -3.83. The molecule has 0 N–H and O–H groups in total. The Morgan fingerprint density at radius 1 is 1.08 bits per heavy atom. The van der Waals surface area contributed by atoms with Gasteiger partial charge in [-0.05, 0) is 53.8 Å². The maximum atomic E-state index is 14.5. The molecule has 1 aliphatic rings. The lowest BCUT2D eigenvalue weighted by atomic mass is 9.96. The summed E-state index contributed by atoms with van der Waals surface area (Å²) in [6.07, 6.45) is 5.06. The standard InChI is InChI=1S/C19H15BrF2O2S/c1-11-6-7-12(8-16(11)20)13-4-3-5-14(13)15-9-18(22)19(10-17(15)21)25(2,23)24/h3-4,6-10H,5H2,1-2H3. The second-order valence-corrected chi connectivity index (χ2v) is 8.84. The van der Waals surface area contributed by atoms with Crippen LogP contribution in [0.4, 0.5) is 8.78 Å². The predicted molar refractivity (Wildman–Crippen MR) is 98.9 cm³/mol. The normalized spacial score (nSPS) is 14.4. The van der Waals surface area contributed by atoms with E-state index >= 15 is 0 Å². The second-order valence-electron chi connectivity index (χ2n) is 6.00. The molecule has 2 aromatic rings. The van der Waals surface area contributed by atoms with Crippen LogP contribution >= 0.6 is 15.9 Å². The van der Waals surface area contributed by atoms with Crippen LogP contribution in [0, 0.1) is 18.6 Å². The lowest BCUT2D eigenvalue weighted by Crippen LogP contribution is -2.04. The maximum absolute atomic E-state index is 14.5. The van der Waals surface area contributed by atoms with Gasteiger partial charge in [-0.3, -0.25) is 0 Å². The van der Waals surface area contributed by atoms with Crippen LogP contribution in [0.2, 0.25) is 0 Å². The van der Waals surface area contributed by atoms with Crippen LogP contribution in [0.5, 0.6) is 0 Å². The van der Waals surface area contributed by atoms with Crippen molar-refractivity contribution in [3.63, 3.8) is 0 Å². The lowest BCUT2D eigenvalue weighted by molar-refractivity contribution is 0.554. The number of aryl methyl sites for hydroxylation is 1. The van der Waals surface area contributed by atoms with Gasteiger partial charge in [-0.1, -0.05) is 40.2 Å². The van der Waals surface area contributed by atoms with Crippen molar-refractivity contribution in [2.75, 3.05) is 6.26 Å². The van der Waals surface area contributed by atoms with Gasteiger partial charge in [0.15, 0.2) is 9.84 Å². The van der Waals surface area contributed by atoms with Crippen LogP contribution in [-0.2, 0) is 9.84 Å². The molecule has 1 aliphatic carbocycles. The molecule has 0 amide bonds. The van der Waals surface area contributed by atoms with E-state index in [1.165, 1.54) is 0 Å². The zero-order valence-electron chi connectivity index (χ0n) is 13.6. The molecule has 0 saturated heterocycles. The van der Waals surface area contributed by atoms with Gasteiger partial charge in [0, 0.05) is 16.3 Å². The summed E-state index contributed by atoms with van der Waals surface area (Å²) in [5.41, 5.74) is 3.47. The van der Waals surface area contributed by atoms with Crippen molar-refractivity contribution in [1.29, 1.82) is 0 Å². The molecule has 130 valence electrons. The van der Waals surface area contributed by atoms with Gasteiger partial charge < -0.3 is 0 Å². The Morgan fingerprint density at radius 2 is 1.80 bits per heavy atom. The Kier molecular flexibility index (Phi) is 4.68. The molecule has 0 aliphatic heterocycles. The molecule has 0 fully saturated rings. The van der Waals surface area contributed by atoms with E-state index in [0.717, 1.165) is 39.6 Å². The van der Waals surface area contributed by atoms with E-state index in [-0.39, 0.29) is 5.56 Å². The lowest BCUT2D eigenvalue weighted by Gasteiger charge is -2.12. The fourth-order valence-electron chi connectivity index (χ4n) is 2.84. The van der Waals surface area contributed by atoms with Crippen LogP contribution in [0.1, 0.15) is 23.1 Å². The highest BCUT2D eigenvalue weighted by Crippen LogP contribution is 2.38. The topological polar surface area (TPSA) is 34.1 Å². The Balaban J connectivity index is 2.18.